The first-order chi connectivity index (χ1) is 11.2. The normalized spacial score (nSPS) is 17.3. The van der Waals surface area contributed by atoms with E-state index < -0.39 is 0 Å². The summed E-state index contributed by atoms with van der Waals surface area (Å²) in [6, 6.07) is 4.84. The number of rotatable bonds is 2. The largest absolute Gasteiger partial charge is 0.329 e. The molecule has 1 unspecified atom stereocenters. The van der Waals surface area contributed by atoms with Crippen LogP contribution in [0.15, 0.2) is 27.8 Å². The zero-order chi connectivity index (χ0) is 16.0. The zero-order valence-corrected chi connectivity index (χ0v) is 13.6. The molecule has 1 atom stereocenters. The van der Waals surface area contributed by atoms with Gasteiger partial charge in [0, 0.05) is 10.9 Å². The zero-order valence-electron chi connectivity index (χ0n) is 12.8. The van der Waals surface area contributed by atoms with Crippen LogP contribution in [-0.4, -0.2) is 15.0 Å². The van der Waals surface area contributed by atoms with Gasteiger partial charge in [-0.25, -0.2) is 0 Å². The van der Waals surface area contributed by atoms with Crippen molar-refractivity contribution in [3.63, 3.8) is 0 Å². The van der Waals surface area contributed by atoms with E-state index >= 15 is 0 Å². The third-order valence-electron chi connectivity index (χ3n) is 4.63. The number of nitrogens with one attached hydrogen (secondary N) is 2. The van der Waals surface area contributed by atoms with Crippen LogP contribution in [-0.2, 0) is 12.8 Å². The molecule has 0 bridgehead atoms. The Labute approximate surface area is 136 Å². The molecule has 6 heteroatoms. The van der Waals surface area contributed by atoms with Crippen molar-refractivity contribution in [2.75, 3.05) is 0 Å². The van der Waals surface area contributed by atoms with Gasteiger partial charge in [0.25, 0.3) is 5.56 Å². The van der Waals surface area contributed by atoms with Crippen LogP contribution in [0.3, 0.4) is 0 Å². The van der Waals surface area contributed by atoms with Gasteiger partial charge in [-0.3, -0.25) is 9.59 Å². The minimum Gasteiger partial charge on any atom is -0.329 e. The van der Waals surface area contributed by atoms with E-state index in [1.54, 1.807) is 23.5 Å². The van der Waals surface area contributed by atoms with Crippen LogP contribution < -0.4 is 11.1 Å². The highest BCUT2D eigenvalue weighted by Gasteiger charge is 2.24. The molecule has 0 aliphatic heterocycles. The molecule has 4 rings (SSSR count). The number of hydrogen-bond donors (Lipinski definition) is 2. The van der Waals surface area contributed by atoms with Gasteiger partial charge in [-0.05, 0) is 36.8 Å². The fourth-order valence-corrected chi connectivity index (χ4v) is 4.68. The van der Waals surface area contributed by atoms with Gasteiger partial charge in [0.2, 0.25) is 5.56 Å². The summed E-state index contributed by atoms with van der Waals surface area (Å²) in [4.78, 5) is 36.3. The Bertz CT molecular complexity index is 999. The van der Waals surface area contributed by atoms with Gasteiger partial charge in [-0.2, -0.15) is 4.98 Å². The summed E-state index contributed by atoms with van der Waals surface area (Å²) in [5.74, 6) is 1.13. The lowest BCUT2D eigenvalue weighted by Crippen LogP contribution is -2.15. The highest BCUT2D eigenvalue weighted by Crippen LogP contribution is 2.37. The average molecular weight is 327 g/mol. The number of thiophene rings is 1. The lowest BCUT2D eigenvalue weighted by Gasteiger charge is -2.20. The van der Waals surface area contributed by atoms with E-state index in [1.807, 2.05) is 0 Å². The maximum atomic E-state index is 12.5. The summed E-state index contributed by atoms with van der Waals surface area (Å²) >= 11 is 1.66. The Morgan fingerprint density at radius 2 is 2.17 bits per heavy atom. The summed E-state index contributed by atoms with van der Waals surface area (Å²) in [5.41, 5.74) is 1.30. The topological polar surface area (TPSA) is 78.6 Å². The monoisotopic (exact) mass is 327 g/mol. The van der Waals surface area contributed by atoms with E-state index in [4.69, 9.17) is 0 Å². The first-order valence-corrected chi connectivity index (χ1v) is 8.71. The highest BCUT2D eigenvalue weighted by atomic mass is 32.1. The molecule has 0 spiro atoms. The van der Waals surface area contributed by atoms with Gasteiger partial charge in [-0.15, -0.1) is 11.3 Å². The number of fused-ring (bicyclic) bond motifs is 3. The second kappa shape index (κ2) is 5.45. The second-order valence-electron chi connectivity index (χ2n) is 6.04. The predicted molar refractivity (Wildman–Crippen MR) is 92.1 cm³/mol. The fourth-order valence-electron chi connectivity index (χ4n) is 3.32. The van der Waals surface area contributed by atoms with E-state index in [2.05, 4.69) is 21.9 Å². The minimum atomic E-state index is -0.207. The van der Waals surface area contributed by atoms with Gasteiger partial charge in [0.15, 0.2) is 5.82 Å². The number of hydrogen-bond acceptors (Lipinski definition) is 4. The van der Waals surface area contributed by atoms with Gasteiger partial charge < -0.3 is 9.97 Å². The number of nitrogens with zero attached hydrogens (tertiary/aromatic N) is 1. The van der Waals surface area contributed by atoms with Crippen molar-refractivity contribution in [3.05, 3.63) is 49.3 Å². The lowest BCUT2D eigenvalue weighted by atomic mass is 9.86. The van der Waals surface area contributed by atoms with Crippen molar-refractivity contribution in [1.29, 1.82) is 0 Å². The molecule has 0 fully saturated rings. The van der Waals surface area contributed by atoms with Crippen molar-refractivity contribution in [2.45, 2.75) is 32.6 Å². The summed E-state index contributed by atoms with van der Waals surface area (Å²) in [7, 11) is 0. The smallest absolute Gasteiger partial charge is 0.282 e. The molecule has 3 aromatic heterocycles. The molecule has 0 saturated carbocycles. The molecule has 1 aliphatic rings. The van der Waals surface area contributed by atoms with Crippen LogP contribution in [0.25, 0.3) is 21.7 Å². The van der Waals surface area contributed by atoms with Crippen LogP contribution in [0.2, 0.25) is 0 Å². The Kier molecular flexibility index (Phi) is 3.41. The molecule has 2 N–H and O–H groups in total. The molecular formula is C17H17N3O2S. The van der Waals surface area contributed by atoms with Crippen LogP contribution in [0.5, 0.6) is 0 Å². The Balaban J connectivity index is 1.89. The van der Waals surface area contributed by atoms with E-state index in [1.165, 1.54) is 22.9 Å². The summed E-state index contributed by atoms with van der Waals surface area (Å²) in [6.45, 7) is 2.22. The summed E-state index contributed by atoms with van der Waals surface area (Å²) in [5, 5.41) is 0.738. The molecule has 23 heavy (non-hydrogen) atoms. The van der Waals surface area contributed by atoms with Gasteiger partial charge in [-0.1, -0.05) is 19.4 Å². The maximum Gasteiger partial charge on any atom is 0.282 e. The van der Waals surface area contributed by atoms with Crippen LogP contribution in [0, 0.1) is 5.92 Å². The highest BCUT2D eigenvalue weighted by molar-refractivity contribution is 7.18. The number of aromatic nitrogens is 3. The van der Waals surface area contributed by atoms with Gasteiger partial charge in [0.1, 0.15) is 4.83 Å². The van der Waals surface area contributed by atoms with E-state index in [9.17, 15) is 9.59 Å². The molecule has 118 valence electrons. The third kappa shape index (κ3) is 2.43. The van der Waals surface area contributed by atoms with E-state index in [0.717, 1.165) is 29.5 Å². The van der Waals surface area contributed by atoms with Crippen LogP contribution in [0.4, 0.5) is 0 Å². The second-order valence-corrected chi connectivity index (χ2v) is 7.15. The molecule has 3 aromatic rings. The molecule has 3 heterocycles. The predicted octanol–water partition coefficient (Wildman–Crippen LogP) is 2.85. The number of pyridine rings is 1. The van der Waals surface area contributed by atoms with Crippen LogP contribution in [0.1, 0.15) is 30.2 Å². The number of H-pyrrole nitrogens is 2. The summed E-state index contributed by atoms with van der Waals surface area (Å²) in [6.07, 6.45) is 4.33. The Hall–Kier alpha value is -2.21. The van der Waals surface area contributed by atoms with E-state index in [0.29, 0.717) is 17.4 Å². The third-order valence-corrected chi connectivity index (χ3v) is 5.80. The Morgan fingerprint density at radius 3 is 2.96 bits per heavy atom. The van der Waals surface area contributed by atoms with Crippen molar-refractivity contribution in [3.8, 4) is 11.5 Å². The molecule has 1 aliphatic carbocycles. The molecule has 0 amide bonds. The average Bonchev–Trinajstić information content (AvgIpc) is 2.92. The molecule has 0 radical (unpaired) electrons. The summed E-state index contributed by atoms with van der Waals surface area (Å²) < 4.78 is 0. The Morgan fingerprint density at radius 1 is 1.30 bits per heavy atom. The van der Waals surface area contributed by atoms with Gasteiger partial charge in [0.05, 0.1) is 11.1 Å². The van der Waals surface area contributed by atoms with Crippen molar-refractivity contribution >= 4 is 21.6 Å². The molecule has 5 nitrogen and oxygen atoms in total. The fraction of sp³-hybridized carbons (Fsp3) is 0.353. The standard InChI is InChI=1S/C17H17N3O2S/c1-2-9-6-7-10-12(8-9)23-17-14(10)16(22)19-15(20-17)11-4-3-5-13(21)18-11/h3-5,9H,2,6-8H2,1H3,(H,18,21)(H,19,20,22). The first kappa shape index (κ1) is 14.4. The van der Waals surface area contributed by atoms with Gasteiger partial charge >= 0.3 is 0 Å². The molecule has 0 saturated heterocycles. The quantitative estimate of drug-likeness (QED) is 0.759. The molecule has 0 aromatic carbocycles. The van der Waals surface area contributed by atoms with Crippen molar-refractivity contribution in [2.24, 2.45) is 5.92 Å². The van der Waals surface area contributed by atoms with Crippen molar-refractivity contribution in [1.82, 2.24) is 15.0 Å². The van der Waals surface area contributed by atoms with Crippen LogP contribution >= 0.6 is 11.3 Å². The lowest BCUT2D eigenvalue weighted by molar-refractivity contribution is 0.451. The van der Waals surface area contributed by atoms with Crippen molar-refractivity contribution < 1.29 is 0 Å². The van der Waals surface area contributed by atoms with E-state index in [-0.39, 0.29) is 11.1 Å². The maximum absolute atomic E-state index is 12.5. The number of aromatic amines is 2. The minimum absolute atomic E-state index is 0.203. The first-order valence-electron chi connectivity index (χ1n) is 7.90. The molecular weight excluding hydrogens is 310 g/mol. The SMILES string of the molecule is CCC1CCc2c(sc3[nH]c(-c4cccc(=O)[nH]4)nc(=O)c23)C1. The number of aryl methyl sites for hydroxylation is 1.